The van der Waals surface area contributed by atoms with Crippen LogP contribution in [0.1, 0.15) is 6.92 Å². The lowest BCUT2D eigenvalue weighted by molar-refractivity contribution is 1.13. The second kappa shape index (κ2) is 12.5. The molecule has 0 aromatic carbocycles. The van der Waals surface area contributed by atoms with Gasteiger partial charge in [-0.3, -0.25) is 10.4 Å². The zero-order valence-electron chi connectivity index (χ0n) is 6.03. The number of aliphatic imine (C=N–C) groups is 1. The van der Waals surface area contributed by atoms with Crippen molar-refractivity contribution in [3.8, 4) is 0 Å². The van der Waals surface area contributed by atoms with Gasteiger partial charge in [0.05, 0.1) is 0 Å². The quantitative estimate of drug-likeness (QED) is 0.448. The Hall–Kier alpha value is -0.190. The monoisotopic (exact) mass is 222 g/mol. The van der Waals surface area contributed by atoms with E-state index in [4.69, 9.17) is 16.9 Å². The fourth-order valence-corrected chi connectivity index (χ4v) is 0.256. The van der Waals surface area contributed by atoms with Crippen LogP contribution in [0.15, 0.2) is 4.99 Å². The Morgan fingerprint density at radius 1 is 1.27 bits per heavy atom. The fraction of sp³-hybridized carbons (Fsp3) is 0.500. The van der Waals surface area contributed by atoms with Crippen LogP contribution in [0, 0.1) is 5.41 Å². The summed E-state index contributed by atoms with van der Waals surface area (Å²) in [5.74, 6) is -0.0423. The van der Waals surface area contributed by atoms with Crippen LogP contribution in [0.4, 0.5) is 0 Å². The van der Waals surface area contributed by atoms with Crippen LogP contribution in [0.2, 0.25) is 0 Å². The van der Waals surface area contributed by atoms with Crippen LogP contribution in [0.3, 0.4) is 0 Å². The highest BCUT2D eigenvalue weighted by molar-refractivity contribution is 6.37. The van der Waals surface area contributed by atoms with Crippen molar-refractivity contribution in [3.05, 3.63) is 0 Å². The molecule has 0 rings (SSSR count). The Bertz CT molecular complexity index is 125. The summed E-state index contributed by atoms with van der Waals surface area (Å²) >= 11 is 0. The van der Waals surface area contributed by atoms with E-state index in [1.54, 1.807) is 0 Å². The molecule has 0 bridgehead atoms. The van der Waals surface area contributed by atoms with Crippen molar-refractivity contribution in [1.29, 1.82) is 5.41 Å². The van der Waals surface area contributed by atoms with E-state index in [-0.39, 0.29) is 48.9 Å². The third-order valence-electron chi connectivity index (χ3n) is 0.604. The highest BCUT2D eigenvalue weighted by Gasteiger charge is 1.90. The van der Waals surface area contributed by atoms with Gasteiger partial charge in [-0.2, -0.15) is 0 Å². The van der Waals surface area contributed by atoms with Crippen molar-refractivity contribution in [2.75, 3.05) is 6.54 Å². The van der Waals surface area contributed by atoms with Gasteiger partial charge in [0.2, 0.25) is 0 Å². The Morgan fingerprint density at radius 3 is 1.73 bits per heavy atom. The summed E-state index contributed by atoms with van der Waals surface area (Å²) in [5, 5.41) is 6.73. The van der Waals surface area contributed by atoms with Crippen LogP contribution in [-0.4, -0.2) is 18.2 Å². The first-order chi connectivity index (χ1) is 3.68. The number of rotatable bonds is 1. The summed E-state index contributed by atoms with van der Waals surface area (Å²) in [6.07, 6.45) is 0. The lowest BCUT2D eigenvalue weighted by Gasteiger charge is -1.91. The normalized spacial score (nSPS) is 8.27. The van der Waals surface area contributed by atoms with E-state index in [9.17, 15) is 0 Å². The van der Waals surface area contributed by atoms with Crippen LogP contribution < -0.4 is 11.5 Å². The Balaban J connectivity index is -0.0000000817. The van der Waals surface area contributed by atoms with Crippen molar-refractivity contribution in [3.63, 3.8) is 0 Å². The molecular formula is C4H13Cl3N4. The van der Waals surface area contributed by atoms with E-state index in [0.717, 1.165) is 0 Å². The molecule has 11 heavy (non-hydrogen) atoms. The third kappa shape index (κ3) is 12.9. The van der Waals surface area contributed by atoms with Crippen molar-refractivity contribution >= 4 is 48.9 Å². The largest absolute Gasteiger partial charge is 0.381 e. The molecule has 7 heteroatoms. The predicted octanol–water partition coefficient (Wildman–Crippen LogP) is 0.565. The van der Waals surface area contributed by atoms with Crippen molar-refractivity contribution < 1.29 is 0 Å². The zero-order chi connectivity index (χ0) is 6.57. The van der Waals surface area contributed by atoms with Gasteiger partial charge in [-0.15, -0.1) is 37.2 Å². The first kappa shape index (κ1) is 22.4. The van der Waals surface area contributed by atoms with Crippen LogP contribution in [-0.2, 0) is 0 Å². The maximum atomic E-state index is 6.73. The molecule has 0 aromatic rings. The van der Waals surface area contributed by atoms with E-state index in [0.29, 0.717) is 6.54 Å². The number of nitrogens with one attached hydrogen (secondary N) is 1. The molecule has 0 aromatic heterocycles. The molecule has 5 N–H and O–H groups in total. The molecule has 0 aliphatic heterocycles. The molecule has 0 saturated carbocycles. The average molecular weight is 224 g/mol. The van der Waals surface area contributed by atoms with Gasteiger partial charge >= 0.3 is 0 Å². The molecule has 0 radical (unpaired) electrons. The summed E-state index contributed by atoms with van der Waals surface area (Å²) in [7, 11) is 0. The van der Waals surface area contributed by atoms with Crippen LogP contribution in [0.5, 0.6) is 0 Å². The second-order valence-corrected chi connectivity index (χ2v) is 1.27. The summed E-state index contributed by atoms with van der Waals surface area (Å²) in [4.78, 5) is 3.67. The number of nitrogens with zero attached hydrogens (tertiary/aromatic N) is 1. The SMILES string of the molecule is CCN=C(N)C(=N)N.Cl.Cl.Cl. The van der Waals surface area contributed by atoms with Gasteiger partial charge in [0.25, 0.3) is 0 Å². The highest BCUT2D eigenvalue weighted by atomic mass is 35.5. The molecule has 0 fully saturated rings. The zero-order valence-corrected chi connectivity index (χ0v) is 8.48. The van der Waals surface area contributed by atoms with Gasteiger partial charge in [0.1, 0.15) is 0 Å². The topological polar surface area (TPSA) is 88.2 Å². The molecule has 0 aliphatic rings. The van der Waals surface area contributed by atoms with E-state index in [1.807, 2.05) is 6.92 Å². The standard InChI is InChI=1S/C4H10N4.3ClH/c1-2-8-4(7)3(5)6;;;/h2H2,1H3,(H3,5,6)(H2,7,8);3*1H. The lowest BCUT2D eigenvalue weighted by atomic mass is 10.5. The molecule has 4 nitrogen and oxygen atoms in total. The Morgan fingerprint density at radius 2 is 1.64 bits per heavy atom. The van der Waals surface area contributed by atoms with Crippen molar-refractivity contribution in [2.24, 2.45) is 16.5 Å². The molecular weight excluding hydrogens is 210 g/mol. The molecule has 0 saturated heterocycles. The van der Waals surface area contributed by atoms with E-state index < -0.39 is 0 Å². The minimum absolute atomic E-state index is 0. The Labute approximate surface area is 84.6 Å². The maximum Gasteiger partial charge on any atom is 0.161 e. The summed E-state index contributed by atoms with van der Waals surface area (Å²) in [6, 6.07) is 0. The minimum Gasteiger partial charge on any atom is -0.381 e. The summed E-state index contributed by atoms with van der Waals surface area (Å²) in [5.41, 5.74) is 10.1. The van der Waals surface area contributed by atoms with Crippen LogP contribution in [0.25, 0.3) is 0 Å². The number of amidine groups is 2. The number of hydrogen-bond acceptors (Lipinski definition) is 2. The minimum atomic E-state index is -0.160. The smallest absolute Gasteiger partial charge is 0.161 e. The second-order valence-electron chi connectivity index (χ2n) is 1.27. The third-order valence-corrected chi connectivity index (χ3v) is 0.604. The highest BCUT2D eigenvalue weighted by Crippen LogP contribution is 1.67. The van der Waals surface area contributed by atoms with Gasteiger partial charge < -0.3 is 11.5 Å². The van der Waals surface area contributed by atoms with E-state index in [1.165, 1.54) is 0 Å². The van der Waals surface area contributed by atoms with Gasteiger partial charge in [-0.25, -0.2) is 0 Å². The first-order valence-electron chi connectivity index (χ1n) is 2.32. The molecule has 0 unspecified atom stereocenters. The van der Waals surface area contributed by atoms with E-state index >= 15 is 0 Å². The summed E-state index contributed by atoms with van der Waals surface area (Å²) in [6.45, 7) is 2.40. The Kier molecular flexibility index (Phi) is 25.5. The van der Waals surface area contributed by atoms with E-state index in [2.05, 4.69) is 4.99 Å². The van der Waals surface area contributed by atoms with Crippen LogP contribution >= 0.6 is 37.2 Å². The first-order valence-corrected chi connectivity index (χ1v) is 2.32. The molecule has 0 atom stereocenters. The molecule has 0 amide bonds. The molecule has 0 aliphatic carbocycles. The molecule has 70 valence electrons. The van der Waals surface area contributed by atoms with Gasteiger partial charge in [0.15, 0.2) is 11.7 Å². The molecule has 0 heterocycles. The predicted molar refractivity (Wildman–Crippen MR) is 55.8 cm³/mol. The maximum absolute atomic E-state index is 6.73. The fourth-order valence-electron chi connectivity index (χ4n) is 0.256. The average Bonchev–Trinajstić information content (AvgIpc) is 1.67. The van der Waals surface area contributed by atoms with Gasteiger partial charge in [-0.05, 0) is 6.92 Å². The summed E-state index contributed by atoms with van der Waals surface area (Å²) < 4.78 is 0. The molecule has 0 spiro atoms. The number of nitrogens with two attached hydrogens (primary N) is 2. The van der Waals surface area contributed by atoms with Gasteiger partial charge in [-0.1, -0.05) is 0 Å². The van der Waals surface area contributed by atoms with Gasteiger partial charge in [0, 0.05) is 6.54 Å². The number of halogens is 3. The lowest BCUT2D eigenvalue weighted by Crippen LogP contribution is -2.30. The van der Waals surface area contributed by atoms with Crippen molar-refractivity contribution in [2.45, 2.75) is 6.92 Å². The van der Waals surface area contributed by atoms with Crippen molar-refractivity contribution in [1.82, 2.24) is 0 Å². The number of hydrogen-bond donors (Lipinski definition) is 3.